The van der Waals surface area contributed by atoms with E-state index in [0.29, 0.717) is 15.2 Å². The summed E-state index contributed by atoms with van der Waals surface area (Å²) in [6.07, 6.45) is 3.75. The number of hydrogen-bond donors (Lipinski definition) is 1. The summed E-state index contributed by atoms with van der Waals surface area (Å²) in [5.74, 6) is 0. The monoisotopic (exact) mass is 617 g/mol. The lowest BCUT2D eigenvalue weighted by molar-refractivity contribution is -0.384. The van der Waals surface area contributed by atoms with Crippen molar-refractivity contribution >= 4 is 63.7 Å². The largest absolute Gasteiger partial charge is 0.351 e. The third-order valence-electron chi connectivity index (χ3n) is 6.75. The SMILES string of the molecule is O=[N+]([O-])c1ccc(Sc2ccc(N3C(=S)N[C@H](c4ccccn4)[C@H]3c3cccn3-c3ccc(Cl)cc3Cl)cc2)cc1. The zero-order valence-electron chi connectivity index (χ0n) is 21.2. The van der Waals surface area contributed by atoms with E-state index in [-0.39, 0.29) is 17.8 Å². The van der Waals surface area contributed by atoms with Crippen molar-refractivity contribution in [1.29, 1.82) is 0 Å². The number of nitrogens with one attached hydrogen (secondary N) is 1. The van der Waals surface area contributed by atoms with Gasteiger partial charge in [0.05, 0.1) is 27.4 Å². The Morgan fingerprint density at radius 2 is 1.66 bits per heavy atom. The van der Waals surface area contributed by atoms with Gasteiger partial charge < -0.3 is 14.8 Å². The summed E-state index contributed by atoms with van der Waals surface area (Å²) in [4.78, 5) is 19.2. The minimum absolute atomic E-state index is 0.0675. The number of aromatic nitrogens is 2. The van der Waals surface area contributed by atoms with Crippen molar-refractivity contribution in [3.8, 4) is 5.69 Å². The Hall–Kier alpha value is -3.89. The summed E-state index contributed by atoms with van der Waals surface area (Å²) in [5.41, 5.74) is 3.62. The number of rotatable bonds is 7. The average Bonchev–Trinajstić information content (AvgIpc) is 3.58. The van der Waals surface area contributed by atoms with Crippen LogP contribution in [0.1, 0.15) is 23.5 Å². The van der Waals surface area contributed by atoms with Crippen LogP contribution in [-0.4, -0.2) is 19.6 Å². The summed E-state index contributed by atoms with van der Waals surface area (Å²) in [6.45, 7) is 0. The van der Waals surface area contributed by atoms with Gasteiger partial charge >= 0.3 is 0 Å². The summed E-state index contributed by atoms with van der Waals surface area (Å²) in [7, 11) is 0. The first-order valence-electron chi connectivity index (χ1n) is 12.5. The van der Waals surface area contributed by atoms with E-state index in [1.807, 2.05) is 66.9 Å². The molecule has 11 heteroatoms. The van der Waals surface area contributed by atoms with E-state index in [1.54, 1.807) is 24.4 Å². The van der Waals surface area contributed by atoms with Gasteiger partial charge in [0.15, 0.2) is 5.11 Å². The zero-order chi connectivity index (χ0) is 28.5. The van der Waals surface area contributed by atoms with Crippen LogP contribution in [0.3, 0.4) is 0 Å². The number of nitro benzene ring substituents is 1. The lowest BCUT2D eigenvalue weighted by Gasteiger charge is -2.29. The highest BCUT2D eigenvalue weighted by Gasteiger charge is 2.42. The second kappa shape index (κ2) is 11.5. The van der Waals surface area contributed by atoms with Crippen LogP contribution in [0.5, 0.6) is 0 Å². The smallest absolute Gasteiger partial charge is 0.269 e. The van der Waals surface area contributed by atoms with Gasteiger partial charge in [0.2, 0.25) is 0 Å². The molecule has 1 saturated heterocycles. The average molecular weight is 619 g/mol. The standard InChI is InChI=1S/C30H21Cl2N5O2S2/c31-19-6-15-26(24(32)18-19)35-17-3-5-27(35)29-28(25-4-1-2-16-33-25)34-30(40)36(29)20-7-11-22(12-8-20)41-23-13-9-21(10-14-23)37(38)39/h1-18,28-29H,(H,34,40)/t28-,29-/m1/s1. The summed E-state index contributed by atoms with van der Waals surface area (Å²) < 4.78 is 2.06. The Kier molecular flexibility index (Phi) is 7.68. The van der Waals surface area contributed by atoms with Crippen LogP contribution in [0.2, 0.25) is 10.0 Å². The number of benzene rings is 3. The third-order valence-corrected chi connectivity index (χ3v) is 8.62. The van der Waals surface area contributed by atoms with Crippen LogP contribution in [0.25, 0.3) is 5.69 Å². The molecule has 0 unspecified atom stereocenters. The van der Waals surface area contributed by atoms with Crippen molar-refractivity contribution in [2.45, 2.75) is 21.9 Å². The molecule has 0 aliphatic carbocycles. The maximum absolute atomic E-state index is 11.0. The van der Waals surface area contributed by atoms with Gasteiger partial charge in [-0.1, -0.05) is 41.0 Å². The van der Waals surface area contributed by atoms with E-state index in [0.717, 1.165) is 32.6 Å². The summed E-state index contributed by atoms with van der Waals surface area (Å²) in [6, 6.07) is 29.5. The van der Waals surface area contributed by atoms with E-state index < -0.39 is 4.92 Å². The number of anilines is 1. The van der Waals surface area contributed by atoms with Gasteiger partial charge in [-0.05, 0) is 91.1 Å². The van der Waals surface area contributed by atoms with Gasteiger partial charge in [-0.2, -0.15) is 0 Å². The van der Waals surface area contributed by atoms with E-state index >= 15 is 0 Å². The predicted octanol–water partition coefficient (Wildman–Crippen LogP) is 8.42. The number of nitrogens with zero attached hydrogens (tertiary/aromatic N) is 4. The zero-order valence-corrected chi connectivity index (χ0v) is 24.4. The van der Waals surface area contributed by atoms with Crippen LogP contribution in [-0.2, 0) is 0 Å². The van der Waals surface area contributed by atoms with Crippen LogP contribution >= 0.6 is 47.2 Å². The molecule has 0 bridgehead atoms. The molecule has 3 heterocycles. The van der Waals surface area contributed by atoms with Gasteiger partial charge in [0, 0.05) is 50.7 Å². The highest BCUT2D eigenvalue weighted by atomic mass is 35.5. The molecule has 1 fully saturated rings. The molecule has 6 rings (SSSR count). The third kappa shape index (κ3) is 5.54. The number of thiocarbonyl (C=S) groups is 1. The number of halogens is 2. The van der Waals surface area contributed by atoms with Gasteiger partial charge in [-0.15, -0.1) is 0 Å². The Morgan fingerprint density at radius 1 is 0.927 bits per heavy atom. The number of pyridine rings is 1. The second-order valence-corrected chi connectivity index (χ2v) is 11.6. The van der Waals surface area contributed by atoms with Gasteiger partial charge in [-0.25, -0.2) is 0 Å². The number of nitro groups is 1. The van der Waals surface area contributed by atoms with Gasteiger partial charge in [0.25, 0.3) is 5.69 Å². The van der Waals surface area contributed by atoms with Crippen LogP contribution < -0.4 is 10.2 Å². The highest BCUT2D eigenvalue weighted by Crippen LogP contribution is 2.43. The quantitative estimate of drug-likeness (QED) is 0.112. The van der Waals surface area contributed by atoms with E-state index in [2.05, 4.69) is 25.8 Å². The molecule has 0 radical (unpaired) electrons. The number of non-ortho nitro benzene ring substituents is 1. The molecule has 7 nitrogen and oxygen atoms in total. The van der Waals surface area contributed by atoms with Crippen molar-refractivity contribution in [2.75, 3.05) is 4.90 Å². The lowest BCUT2D eigenvalue weighted by atomic mass is 10.0. The molecule has 1 N–H and O–H groups in total. The molecule has 2 atom stereocenters. The van der Waals surface area contributed by atoms with Crippen LogP contribution in [0.4, 0.5) is 11.4 Å². The maximum atomic E-state index is 11.0. The molecule has 2 aromatic heterocycles. The molecule has 0 spiro atoms. The lowest BCUT2D eigenvalue weighted by Crippen LogP contribution is -2.30. The molecule has 1 aliphatic heterocycles. The fraction of sp³-hybridized carbons (Fsp3) is 0.0667. The first kappa shape index (κ1) is 27.3. The Morgan fingerprint density at radius 3 is 2.32 bits per heavy atom. The highest BCUT2D eigenvalue weighted by molar-refractivity contribution is 7.99. The van der Waals surface area contributed by atoms with E-state index in [1.165, 1.54) is 23.9 Å². The Bertz CT molecular complexity index is 1730. The Balaban J connectivity index is 1.37. The molecular weight excluding hydrogens is 597 g/mol. The van der Waals surface area contributed by atoms with Crippen molar-refractivity contribution in [1.82, 2.24) is 14.9 Å². The molecule has 0 saturated carbocycles. The minimum atomic E-state index is -0.401. The normalized spacial score (nSPS) is 16.5. The summed E-state index contributed by atoms with van der Waals surface area (Å²) >= 11 is 20.3. The second-order valence-electron chi connectivity index (χ2n) is 9.24. The van der Waals surface area contributed by atoms with E-state index in [9.17, 15) is 10.1 Å². The minimum Gasteiger partial charge on any atom is -0.351 e. The maximum Gasteiger partial charge on any atom is 0.269 e. The fourth-order valence-electron chi connectivity index (χ4n) is 4.91. The van der Waals surface area contributed by atoms with Crippen molar-refractivity contribution in [3.63, 3.8) is 0 Å². The molecule has 3 aromatic carbocycles. The topological polar surface area (TPSA) is 76.2 Å². The first-order chi connectivity index (χ1) is 19.9. The molecule has 0 amide bonds. The number of hydrogen-bond acceptors (Lipinski definition) is 5. The summed E-state index contributed by atoms with van der Waals surface area (Å²) in [5, 5.41) is 16.2. The van der Waals surface area contributed by atoms with Crippen molar-refractivity contribution < 1.29 is 4.92 Å². The van der Waals surface area contributed by atoms with Gasteiger partial charge in [0.1, 0.15) is 6.04 Å². The Labute approximate surface area is 255 Å². The molecule has 41 heavy (non-hydrogen) atoms. The van der Waals surface area contributed by atoms with Crippen molar-refractivity contribution in [2.24, 2.45) is 0 Å². The molecular formula is C30H21Cl2N5O2S2. The predicted molar refractivity (Wildman–Crippen MR) is 167 cm³/mol. The van der Waals surface area contributed by atoms with E-state index in [4.69, 9.17) is 35.4 Å². The van der Waals surface area contributed by atoms with Crippen LogP contribution in [0.15, 0.2) is 119 Å². The molecule has 1 aliphatic rings. The van der Waals surface area contributed by atoms with Crippen LogP contribution in [0, 0.1) is 10.1 Å². The molecule has 204 valence electrons. The fourth-order valence-corrected chi connectivity index (χ4v) is 6.57. The van der Waals surface area contributed by atoms with Crippen molar-refractivity contribution in [3.05, 3.63) is 141 Å². The first-order valence-corrected chi connectivity index (χ1v) is 14.5. The molecule has 5 aromatic rings. The van der Waals surface area contributed by atoms with Gasteiger partial charge in [-0.3, -0.25) is 15.1 Å².